The number of aliphatic hydroxyl groups excluding tert-OH is 1. The summed E-state index contributed by atoms with van der Waals surface area (Å²) in [6, 6.07) is 0. The first kappa shape index (κ1) is 16.4. The normalized spacial score (nSPS) is 14.7. The van der Waals surface area contributed by atoms with Gasteiger partial charge < -0.3 is 16.2 Å². The summed E-state index contributed by atoms with van der Waals surface area (Å²) in [6.45, 7) is 7.36. The van der Waals surface area contributed by atoms with Crippen molar-refractivity contribution in [3.05, 3.63) is 0 Å². The minimum atomic E-state index is -0.105. The van der Waals surface area contributed by atoms with Crippen molar-refractivity contribution in [1.29, 1.82) is 0 Å². The van der Waals surface area contributed by atoms with Crippen molar-refractivity contribution in [3.63, 3.8) is 0 Å². The van der Waals surface area contributed by atoms with Crippen LogP contribution in [0.15, 0.2) is 0 Å². The minimum absolute atomic E-state index is 0.0431. The highest BCUT2D eigenvalue weighted by atomic mass is 16.3. The van der Waals surface area contributed by atoms with Crippen molar-refractivity contribution in [2.45, 2.75) is 40.0 Å². The zero-order valence-corrected chi connectivity index (χ0v) is 11.4. The third-order valence-corrected chi connectivity index (χ3v) is 3.19. The molecule has 0 aromatic rings. The maximum Gasteiger partial charge on any atom is 0.224 e. The molecule has 0 bridgehead atoms. The lowest BCUT2D eigenvalue weighted by Gasteiger charge is -2.21. The lowest BCUT2D eigenvalue weighted by molar-refractivity contribution is -0.126. The molecule has 0 aliphatic rings. The largest absolute Gasteiger partial charge is 0.396 e. The molecule has 0 aliphatic carbocycles. The summed E-state index contributed by atoms with van der Waals surface area (Å²) >= 11 is 0. The van der Waals surface area contributed by atoms with E-state index in [1.165, 1.54) is 0 Å². The van der Waals surface area contributed by atoms with Crippen LogP contribution in [0.4, 0.5) is 0 Å². The molecule has 4 heteroatoms. The number of nitrogens with two attached hydrogens (primary N) is 1. The van der Waals surface area contributed by atoms with Crippen LogP contribution in [-0.4, -0.2) is 30.7 Å². The first-order chi connectivity index (χ1) is 8.06. The Labute approximate surface area is 105 Å². The molecule has 0 spiro atoms. The summed E-state index contributed by atoms with van der Waals surface area (Å²) in [7, 11) is 0. The topological polar surface area (TPSA) is 75.3 Å². The highest BCUT2D eigenvalue weighted by Gasteiger charge is 2.20. The maximum atomic E-state index is 11.9. The average molecular weight is 244 g/mol. The predicted octanol–water partition coefficient (Wildman–Crippen LogP) is 1.13. The number of carbonyl (C=O) groups is 1. The standard InChI is InChI=1S/C13H28N2O2/c1-4-5-11(6-7-16)9-15-13(17)12(8-14)10(2)3/h10-12,16H,4-9,14H2,1-3H3,(H,15,17). The van der Waals surface area contributed by atoms with Gasteiger partial charge in [0, 0.05) is 19.7 Å². The van der Waals surface area contributed by atoms with E-state index in [1.807, 2.05) is 13.8 Å². The van der Waals surface area contributed by atoms with E-state index in [0.29, 0.717) is 19.0 Å². The van der Waals surface area contributed by atoms with Gasteiger partial charge in [0.15, 0.2) is 0 Å². The van der Waals surface area contributed by atoms with Crippen LogP contribution in [0, 0.1) is 17.8 Å². The number of hydrogen-bond acceptors (Lipinski definition) is 3. The van der Waals surface area contributed by atoms with Crippen LogP contribution in [0.1, 0.15) is 40.0 Å². The fourth-order valence-corrected chi connectivity index (χ4v) is 2.00. The summed E-state index contributed by atoms with van der Waals surface area (Å²) in [4.78, 5) is 11.9. The molecule has 0 heterocycles. The van der Waals surface area contributed by atoms with Gasteiger partial charge in [-0.2, -0.15) is 0 Å². The molecule has 4 N–H and O–H groups in total. The zero-order valence-electron chi connectivity index (χ0n) is 11.4. The van der Waals surface area contributed by atoms with Gasteiger partial charge in [-0.25, -0.2) is 0 Å². The van der Waals surface area contributed by atoms with E-state index >= 15 is 0 Å². The molecule has 17 heavy (non-hydrogen) atoms. The Kier molecular flexibility index (Phi) is 9.09. The van der Waals surface area contributed by atoms with Crippen molar-refractivity contribution in [3.8, 4) is 0 Å². The molecular weight excluding hydrogens is 216 g/mol. The maximum absolute atomic E-state index is 11.9. The molecule has 0 aromatic heterocycles. The fourth-order valence-electron chi connectivity index (χ4n) is 2.00. The molecule has 1 amide bonds. The van der Waals surface area contributed by atoms with Gasteiger partial charge in [0.25, 0.3) is 0 Å². The molecule has 0 saturated heterocycles. The van der Waals surface area contributed by atoms with E-state index in [1.54, 1.807) is 0 Å². The molecular formula is C13H28N2O2. The molecule has 0 aliphatic heterocycles. The predicted molar refractivity (Wildman–Crippen MR) is 70.5 cm³/mol. The Hall–Kier alpha value is -0.610. The number of nitrogens with one attached hydrogen (secondary N) is 1. The highest BCUT2D eigenvalue weighted by Crippen LogP contribution is 2.12. The van der Waals surface area contributed by atoms with Crippen LogP contribution in [-0.2, 0) is 4.79 Å². The quantitative estimate of drug-likeness (QED) is 0.569. The number of amides is 1. The number of carbonyl (C=O) groups excluding carboxylic acids is 1. The van der Waals surface area contributed by atoms with Crippen molar-refractivity contribution < 1.29 is 9.90 Å². The summed E-state index contributed by atoms with van der Waals surface area (Å²) in [5, 5.41) is 11.9. The molecule has 0 radical (unpaired) electrons. The van der Waals surface area contributed by atoms with Gasteiger partial charge in [-0.3, -0.25) is 4.79 Å². The molecule has 0 fully saturated rings. The SMILES string of the molecule is CCCC(CCO)CNC(=O)C(CN)C(C)C. The van der Waals surface area contributed by atoms with Gasteiger partial charge in [-0.1, -0.05) is 27.2 Å². The van der Waals surface area contributed by atoms with Gasteiger partial charge in [0.05, 0.1) is 5.92 Å². The van der Waals surface area contributed by atoms with Crippen molar-refractivity contribution in [1.82, 2.24) is 5.32 Å². The Morgan fingerprint density at radius 3 is 2.41 bits per heavy atom. The molecule has 0 saturated carbocycles. The van der Waals surface area contributed by atoms with Crippen LogP contribution >= 0.6 is 0 Å². The summed E-state index contributed by atoms with van der Waals surface area (Å²) in [6.07, 6.45) is 2.87. The Bertz CT molecular complexity index is 202. The monoisotopic (exact) mass is 244 g/mol. The van der Waals surface area contributed by atoms with Gasteiger partial charge in [-0.05, 0) is 24.7 Å². The summed E-state index contributed by atoms with van der Waals surface area (Å²) < 4.78 is 0. The van der Waals surface area contributed by atoms with Gasteiger partial charge >= 0.3 is 0 Å². The van der Waals surface area contributed by atoms with Gasteiger partial charge in [0.1, 0.15) is 0 Å². The summed E-state index contributed by atoms with van der Waals surface area (Å²) in [5.41, 5.74) is 5.60. The van der Waals surface area contributed by atoms with E-state index in [2.05, 4.69) is 12.2 Å². The van der Waals surface area contributed by atoms with Crippen LogP contribution in [0.3, 0.4) is 0 Å². The first-order valence-electron chi connectivity index (χ1n) is 6.65. The van der Waals surface area contributed by atoms with E-state index in [0.717, 1.165) is 19.3 Å². The smallest absolute Gasteiger partial charge is 0.224 e. The zero-order chi connectivity index (χ0) is 13.3. The van der Waals surface area contributed by atoms with Gasteiger partial charge in [0.2, 0.25) is 5.91 Å². The second kappa shape index (κ2) is 9.42. The van der Waals surface area contributed by atoms with Crippen LogP contribution in [0.5, 0.6) is 0 Å². The molecule has 102 valence electrons. The number of rotatable bonds is 9. The highest BCUT2D eigenvalue weighted by molar-refractivity contribution is 5.79. The number of hydrogen-bond donors (Lipinski definition) is 3. The van der Waals surface area contributed by atoms with Crippen molar-refractivity contribution in [2.24, 2.45) is 23.5 Å². The second-order valence-electron chi connectivity index (χ2n) is 5.00. The number of aliphatic hydroxyl groups is 1. The first-order valence-corrected chi connectivity index (χ1v) is 6.65. The summed E-state index contributed by atoms with van der Waals surface area (Å²) in [5.74, 6) is 0.579. The molecule has 0 rings (SSSR count). The van der Waals surface area contributed by atoms with E-state index in [-0.39, 0.29) is 24.3 Å². The van der Waals surface area contributed by atoms with Crippen molar-refractivity contribution >= 4 is 5.91 Å². The lowest BCUT2D eigenvalue weighted by atomic mass is 9.94. The molecule has 2 atom stereocenters. The molecule has 0 aromatic carbocycles. The van der Waals surface area contributed by atoms with E-state index < -0.39 is 0 Å². The Balaban J connectivity index is 4.09. The van der Waals surface area contributed by atoms with Gasteiger partial charge in [-0.15, -0.1) is 0 Å². The minimum Gasteiger partial charge on any atom is -0.396 e. The average Bonchev–Trinajstić information content (AvgIpc) is 2.27. The second-order valence-corrected chi connectivity index (χ2v) is 5.00. The Morgan fingerprint density at radius 2 is 2.00 bits per heavy atom. The Morgan fingerprint density at radius 1 is 1.35 bits per heavy atom. The van der Waals surface area contributed by atoms with Crippen LogP contribution in [0.25, 0.3) is 0 Å². The fraction of sp³-hybridized carbons (Fsp3) is 0.923. The van der Waals surface area contributed by atoms with Crippen LogP contribution in [0.2, 0.25) is 0 Å². The van der Waals surface area contributed by atoms with E-state index in [9.17, 15) is 4.79 Å². The third-order valence-electron chi connectivity index (χ3n) is 3.19. The van der Waals surface area contributed by atoms with E-state index in [4.69, 9.17) is 10.8 Å². The van der Waals surface area contributed by atoms with Crippen molar-refractivity contribution in [2.75, 3.05) is 19.7 Å². The molecule has 4 nitrogen and oxygen atoms in total. The van der Waals surface area contributed by atoms with Crippen LogP contribution < -0.4 is 11.1 Å². The lowest BCUT2D eigenvalue weighted by Crippen LogP contribution is -2.40. The molecule has 2 unspecified atom stereocenters. The third kappa shape index (κ3) is 6.64.